The third-order valence-electron chi connectivity index (χ3n) is 3.67. The maximum Gasteiger partial charge on any atom is 0.320 e. The molecule has 1 aromatic carbocycles. The number of rotatable bonds is 5. The Labute approximate surface area is 137 Å². The van der Waals surface area contributed by atoms with E-state index < -0.39 is 10.8 Å². The minimum Gasteiger partial charge on any atom is -0.381 e. The van der Waals surface area contributed by atoms with Gasteiger partial charge in [-0.3, -0.25) is 19.6 Å². The highest BCUT2D eigenvalue weighted by molar-refractivity contribution is 6.07. The van der Waals surface area contributed by atoms with Crippen LogP contribution in [0.25, 0.3) is 0 Å². The molecule has 0 saturated heterocycles. The Balaban J connectivity index is 1.92. The number of nitrogens with zero attached hydrogens (tertiary/aromatic N) is 4. The van der Waals surface area contributed by atoms with Crippen molar-refractivity contribution in [2.24, 2.45) is 7.05 Å². The molecule has 9 nitrogen and oxygen atoms in total. The van der Waals surface area contributed by atoms with Gasteiger partial charge in [0, 0.05) is 13.1 Å². The van der Waals surface area contributed by atoms with E-state index in [1.807, 2.05) is 6.07 Å². The largest absolute Gasteiger partial charge is 0.381 e. The van der Waals surface area contributed by atoms with Gasteiger partial charge in [-0.2, -0.15) is 10.4 Å². The zero-order chi connectivity index (χ0) is 17.3. The predicted molar refractivity (Wildman–Crippen MR) is 85.6 cm³/mol. The normalized spacial score (nSPS) is 13.2. The fourth-order valence-electron chi connectivity index (χ4n) is 2.30. The standard InChI is InChI=1S/C15H14N6O3/c1-20-14(13(8-17-20)21(23)24)15(22)19-12-6-9(7-16)2-5-11(12)18-10-3-4-10/h2,5-6,8,10,18H,3-4H2,1H3,(H,19,22). The molecule has 1 heterocycles. The number of nitriles is 1. The predicted octanol–water partition coefficient (Wildman–Crippen LogP) is 2.03. The Morgan fingerprint density at radius 3 is 2.83 bits per heavy atom. The number of aryl methyl sites for hydroxylation is 1. The van der Waals surface area contributed by atoms with Gasteiger partial charge in [0.25, 0.3) is 5.91 Å². The molecule has 1 aliphatic carbocycles. The van der Waals surface area contributed by atoms with Crippen LogP contribution in [0.4, 0.5) is 17.1 Å². The number of aromatic nitrogens is 2. The number of amides is 1. The maximum absolute atomic E-state index is 12.5. The molecule has 0 unspecified atom stereocenters. The summed E-state index contributed by atoms with van der Waals surface area (Å²) < 4.78 is 1.15. The van der Waals surface area contributed by atoms with Gasteiger partial charge in [0.15, 0.2) is 0 Å². The molecule has 1 fully saturated rings. The quantitative estimate of drug-likeness (QED) is 0.639. The number of nitrogens with one attached hydrogen (secondary N) is 2. The molecule has 9 heteroatoms. The highest BCUT2D eigenvalue weighted by Gasteiger charge is 2.27. The third kappa shape index (κ3) is 3.03. The highest BCUT2D eigenvalue weighted by atomic mass is 16.6. The van der Waals surface area contributed by atoms with Crippen LogP contribution in [-0.4, -0.2) is 26.7 Å². The van der Waals surface area contributed by atoms with Gasteiger partial charge < -0.3 is 10.6 Å². The Kier molecular flexibility index (Phi) is 3.87. The molecular formula is C15H14N6O3. The van der Waals surface area contributed by atoms with E-state index in [9.17, 15) is 14.9 Å². The van der Waals surface area contributed by atoms with Gasteiger partial charge in [0.05, 0.1) is 27.9 Å². The molecule has 0 atom stereocenters. The summed E-state index contributed by atoms with van der Waals surface area (Å²) in [4.78, 5) is 22.9. The number of hydrogen-bond acceptors (Lipinski definition) is 6. The zero-order valence-corrected chi connectivity index (χ0v) is 12.8. The minimum absolute atomic E-state index is 0.153. The Morgan fingerprint density at radius 2 is 2.21 bits per heavy atom. The van der Waals surface area contributed by atoms with Crippen LogP contribution in [-0.2, 0) is 7.05 Å². The summed E-state index contributed by atoms with van der Waals surface area (Å²) in [5.74, 6) is -0.657. The van der Waals surface area contributed by atoms with Crippen LogP contribution in [0.3, 0.4) is 0 Å². The van der Waals surface area contributed by atoms with Crippen LogP contribution in [0.5, 0.6) is 0 Å². The minimum atomic E-state index is -0.657. The smallest absolute Gasteiger partial charge is 0.320 e. The second-order valence-corrected chi connectivity index (χ2v) is 5.50. The van der Waals surface area contributed by atoms with Gasteiger partial charge >= 0.3 is 5.69 Å². The van der Waals surface area contributed by atoms with Crippen LogP contribution in [0.2, 0.25) is 0 Å². The molecule has 0 bridgehead atoms. The molecule has 1 aromatic heterocycles. The molecule has 0 spiro atoms. The van der Waals surface area contributed by atoms with Gasteiger partial charge in [0.2, 0.25) is 5.69 Å². The van der Waals surface area contributed by atoms with Crippen molar-refractivity contribution in [3.05, 3.63) is 45.8 Å². The number of benzene rings is 1. The van der Waals surface area contributed by atoms with Crippen molar-refractivity contribution < 1.29 is 9.72 Å². The molecule has 0 radical (unpaired) electrons. The first-order valence-electron chi connectivity index (χ1n) is 7.28. The number of anilines is 2. The first-order chi connectivity index (χ1) is 11.5. The number of hydrogen-bond donors (Lipinski definition) is 2. The number of carbonyl (C=O) groups is 1. The summed E-state index contributed by atoms with van der Waals surface area (Å²) >= 11 is 0. The molecular weight excluding hydrogens is 312 g/mol. The van der Waals surface area contributed by atoms with E-state index >= 15 is 0 Å². The maximum atomic E-state index is 12.5. The second-order valence-electron chi connectivity index (χ2n) is 5.50. The van der Waals surface area contributed by atoms with Crippen LogP contribution in [0.1, 0.15) is 28.9 Å². The number of nitro groups is 1. The lowest BCUT2D eigenvalue weighted by Crippen LogP contribution is -2.19. The van der Waals surface area contributed by atoms with E-state index in [2.05, 4.69) is 15.7 Å². The number of carbonyl (C=O) groups excluding carboxylic acids is 1. The lowest BCUT2D eigenvalue weighted by atomic mass is 10.1. The zero-order valence-electron chi connectivity index (χ0n) is 12.8. The molecule has 122 valence electrons. The molecule has 1 amide bonds. The van der Waals surface area contributed by atoms with Crippen molar-refractivity contribution in [1.29, 1.82) is 5.26 Å². The molecule has 1 aliphatic rings. The van der Waals surface area contributed by atoms with Crippen molar-refractivity contribution >= 4 is 23.0 Å². The highest BCUT2D eigenvalue weighted by Crippen LogP contribution is 2.31. The first-order valence-corrected chi connectivity index (χ1v) is 7.28. The topological polar surface area (TPSA) is 126 Å². The fraction of sp³-hybridized carbons (Fsp3) is 0.267. The van der Waals surface area contributed by atoms with Gasteiger partial charge in [-0.1, -0.05) is 0 Å². The molecule has 24 heavy (non-hydrogen) atoms. The summed E-state index contributed by atoms with van der Waals surface area (Å²) in [7, 11) is 1.46. The second kappa shape index (κ2) is 6.00. The Hall–Kier alpha value is -3.41. The average molecular weight is 326 g/mol. The molecule has 1 saturated carbocycles. The van der Waals surface area contributed by atoms with Crippen molar-refractivity contribution in [3.8, 4) is 6.07 Å². The van der Waals surface area contributed by atoms with Crippen molar-refractivity contribution in [2.45, 2.75) is 18.9 Å². The Bertz CT molecular complexity index is 863. The lowest BCUT2D eigenvalue weighted by molar-refractivity contribution is -0.385. The van der Waals surface area contributed by atoms with Gasteiger partial charge in [-0.25, -0.2) is 0 Å². The van der Waals surface area contributed by atoms with E-state index in [0.29, 0.717) is 23.0 Å². The third-order valence-corrected chi connectivity index (χ3v) is 3.67. The monoisotopic (exact) mass is 326 g/mol. The SMILES string of the molecule is Cn1ncc([N+](=O)[O-])c1C(=O)Nc1cc(C#N)ccc1NC1CC1. The summed E-state index contributed by atoms with van der Waals surface area (Å²) in [5.41, 5.74) is 0.935. The fourth-order valence-corrected chi connectivity index (χ4v) is 2.30. The molecule has 2 aromatic rings. The summed E-state index contributed by atoms with van der Waals surface area (Å²) in [5, 5.41) is 29.7. The van der Waals surface area contributed by atoms with E-state index in [1.54, 1.807) is 12.1 Å². The summed E-state index contributed by atoms with van der Waals surface area (Å²) in [6, 6.07) is 7.25. The lowest BCUT2D eigenvalue weighted by Gasteiger charge is -2.13. The van der Waals surface area contributed by atoms with Crippen LogP contribution >= 0.6 is 0 Å². The van der Waals surface area contributed by atoms with E-state index in [-0.39, 0.29) is 11.4 Å². The van der Waals surface area contributed by atoms with Crippen molar-refractivity contribution in [1.82, 2.24) is 9.78 Å². The van der Waals surface area contributed by atoms with Gasteiger partial charge in [0.1, 0.15) is 6.20 Å². The van der Waals surface area contributed by atoms with E-state index in [1.165, 1.54) is 13.1 Å². The van der Waals surface area contributed by atoms with Crippen LogP contribution < -0.4 is 10.6 Å². The van der Waals surface area contributed by atoms with Crippen molar-refractivity contribution in [3.63, 3.8) is 0 Å². The molecule has 2 N–H and O–H groups in total. The van der Waals surface area contributed by atoms with Crippen molar-refractivity contribution in [2.75, 3.05) is 10.6 Å². The molecule has 0 aliphatic heterocycles. The van der Waals surface area contributed by atoms with Gasteiger partial charge in [-0.05, 0) is 31.0 Å². The van der Waals surface area contributed by atoms with Crippen LogP contribution in [0, 0.1) is 21.4 Å². The summed E-state index contributed by atoms with van der Waals surface area (Å²) in [6.07, 6.45) is 3.12. The summed E-state index contributed by atoms with van der Waals surface area (Å²) in [6.45, 7) is 0. The van der Waals surface area contributed by atoms with Gasteiger partial charge in [-0.15, -0.1) is 0 Å². The van der Waals surface area contributed by atoms with Crippen LogP contribution in [0.15, 0.2) is 24.4 Å². The first kappa shape index (κ1) is 15.5. The molecule has 3 rings (SSSR count). The van der Waals surface area contributed by atoms with E-state index in [0.717, 1.165) is 23.7 Å². The Morgan fingerprint density at radius 1 is 1.46 bits per heavy atom. The average Bonchev–Trinajstić information content (AvgIpc) is 3.28. The van der Waals surface area contributed by atoms with E-state index in [4.69, 9.17) is 5.26 Å².